The minimum absolute atomic E-state index is 0.969. The van der Waals surface area contributed by atoms with Gasteiger partial charge in [0.05, 0.1) is 16.6 Å². The second kappa shape index (κ2) is 5.90. The third kappa shape index (κ3) is 2.16. The number of nitrogens with zero attached hydrogens (tertiary/aromatic N) is 3. The molecule has 5 rings (SSSR count). The Morgan fingerprint density at radius 2 is 1.18 bits per heavy atom. The normalized spacial score (nSPS) is 11.8. The average molecular weight is 365 g/mol. The van der Waals surface area contributed by atoms with Crippen LogP contribution < -0.4 is 0 Å². The SMILES string of the molecule is Cc1c(C)c(C)c(-c2nc3ccccc3c3nc4ccccc4n23)c(C)c1C. The fourth-order valence-electron chi connectivity index (χ4n) is 4.35. The van der Waals surface area contributed by atoms with Gasteiger partial charge in [-0.2, -0.15) is 0 Å². The first-order valence-corrected chi connectivity index (χ1v) is 9.72. The molecule has 3 nitrogen and oxygen atoms in total. The van der Waals surface area contributed by atoms with Crippen molar-refractivity contribution in [2.45, 2.75) is 34.6 Å². The zero-order chi connectivity index (χ0) is 19.6. The summed E-state index contributed by atoms with van der Waals surface area (Å²) < 4.78 is 2.24. The molecule has 0 aliphatic carbocycles. The number of fused-ring (bicyclic) bond motifs is 5. The van der Waals surface area contributed by atoms with Crippen molar-refractivity contribution in [3.05, 3.63) is 76.3 Å². The standard InChI is InChI=1S/C25H23N3/c1-14-15(2)17(4)23(18(5)16(14)3)25-26-20-11-7-6-10-19(20)24-27-21-12-8-9-13-22(21)28(24)25/h6-13H,1-5H3. The van der Waals surface area contributed by atoms with E-state index in [4.69, 9.17) is 9.97 Å². The lowest BCUT2D eigenvalue weighted by Crippen LogP contribution is -2.05. The van der Waals surface area contributed by atoms with Gasteiger partial charge in [-0.15, -0.1) is 0 Å². The molecule has 0 bridgehead atoms. The van der Waals surface area contributed by atoms with Gasteiger partial charge in [-0.1, -0.05) is 24.3 Å². The van der Waals surface area contributed by atoms with Crippen molar-refractivity contribution >= 4 is 27.6 Å². The van der Waals surface area contributed by atoms with Crippen molar-refractivity contribution in [2.75, 3.05) is 0 Å². The van der Waals surface area contributed by atoms with Crippen molar-refractivity contribution in [1.82, 2.24) is 14.4 Å². The summed E-state index contributed by atoms with van der Waals surface area (Å²) in [6.07, 6.45) is 0. The lowest BCUT2D eigenvalue weighted by atomic mass is 9.89. The van der Waals surface area contributed by atoms with Gasteiger partial charge in [0.25, 0.3) is 0 Å². The zero-order valence-electron chi connectivity index (χ0n) is 17.0. The molecule has 138 valence electrons. The van der Waals surface area contributed by atoms with E-state index in [9.17, 15) is 0 Å². The highest BCUT2D eigenvalue weighted by Gasteiger charge is 2.20. The number of aromatic nitrogens is 3. The fourth-order valence-corrected chi connectivity index (χ4v) is 4.35. The molecule has 0 saturated heterocycles. The number of imidazole rings is 1. The summed E-state index contributed by atoms with van der Waals surface area (Å²) in [6, 6.07) is 16.6. The second-order valence-electron chi connectivity index (χ2n) is 7.71. The molecular formula is C25H23N3. The van der Waals surface area contributed by atoms with E-state index in [0.29, 0.717) is 0 Å². The van der Waals surface area contributed by atoms with Gasteiger partial charge in [0.2, 0.25) is 0 Å². The molecule has 0 atom stereocenters. The van der Waals surface area contributed by atoms with Crippen molar-refractivity contribution in [3.63, 3.8) is 0 Å². The maximum Gasteiger partial charge on any atom is 0.149 e. The minimum Gasteiger partial charge on any atom is -0.276 e. The van der Waals surface area contributed by atoms with Crippen LogP contribution in [0.25, 0.3) is 39.0 Å². The Hall–Kier alpha value is -3.20. The van der Waals surface area contributed by atoms with E-state index in [1.807, 2.05) is 12.1 Å². The van der Waals surface area contributed by atoms with E-state index >= 15 is 0 Å². The van der Waals surface area contributed by atoms with Crippen molar-refractivity contribution in [3.8, 4) is 11.4 Å². The van der Waals surface area contributed by atoms with Crippen LogP contribution in [0.3, 0.4) is 0 Å². The summed E-state index contributed by atoms with van der Waals surface area (Å²) in [4.78, 5) is 10.1. The second-order valence-corrected chi connectivity index (χ2v) is 7.71. The first-order chi connectivity index (χ1) is 13.5. The van der Waals surface area contributed by atoms with Crippen LogP contribution in [0.2, 0.25) is 0 Å². The summed E-state index contributed by atoms with van der Waals surface area (Å²) in [7, 11) is 0. The highest BCUT2D eigenvalue weighted by molar-refractivity contribution is 5.98. The third-order valence-electron chi connectivity index (χ3n) is 6.37. The Labute approximate surface area is 164 Å². The molecule has 0 aliphatic rings. The van der Waals surface area contributed by atoms with Crippen LogP contribution in [0.5, 0.6) is 0 Å². The van der Waals surface area contributed by atoms with Gasteiger partial charge in [-0.3, -0.25) is 4.40 Å². The molecule has 0 unspecified atom stereocenters. The Morgan fingerprint density at radius 1 is 0.607 bits per heavy atom. The van der Waals surface area contributed by atoms with Crippen LogP contribution in [0, 0.1) is 34.6 Å². The summed E-state index contributed by atoms with van der Waals surface area (Å²) in [6.45, 7) is 11.1. The summed E-state index contributed by atoms with van der Waals surface area (Å²) in [5.41, 5.74) is 11.9. The molecule has 5 aromatic rings. The molecule has 0 N–H and O–H groups in total. The van der Waals surface area contributed by atoms with Crippen molar-refractivity contribution in [1.29, 1.82) is 0 Å². The van der Waals surface area contributed by atoms with Crippen LogP contribution in [0.15, 0.2) is 48.5 Å². The van der Waals surface area contributed by atoms with Crippen molar-refractivity contribution in [2.24, 2.45) is 0 Å². The molecule has 2 heterocycles. The zero-order valence-corrected chi connectivity index (χ0v) is 17.0. The molecule has 0 spiro atoms. The van der Waals surface area contributed by atoms with Crippen LogP contribution in [0.4, 0.5) is 0 Å². The molecule has 0 saturated carbocycles. The Morgan fingerprint density at radius 3 is 1.89 bits per heavy atom. The van der Waals surface area contributed by atoms with E-state index < -0.39 is 0 Å². The molecule has 2 aromatic heterocycles. The third-order valence-corrected chi connectivity index (χ3v) is 6.37. The van der Waals surface area contributed by atoms with Gasteiger partial charge >= 0.3 is 0 Å². The minimum atomic E-state index is 0.969. The highest BCUT2D eigenvalue weighted by atomic mass is 15.1. The molecule has 3 aromatic carbocycles. The number of hydrogen-bond donors (Lipinski definition) is 0. The van der Waals surface area contributed by atoms with Crippen LogP contribution in [-0.2, 0) is 0 Å². The summed E-state index contributed by atoms with van der Waals surface area (Å²) in [5.74, 6) is 0.976. The first-order valence-electron chi connectivity index (χ1n) is 9.72. The lowest BCUT2D eigenvalue weighted by molar-refractivity contribution is 1.11. The van der Waals surface area contributed by atoms with Gasteiger partial charge in [-0.25, -0.2) is 9.97 Å². The largest absolute Gasteiger partial charge is 0.276 e. The Balaban J connectivity index is 2.06. The smallest absolute Gasteiger partial charge is 0.149 e. The quantitative estimate of drug-likeness (QED) is 0.352. The lowest BCUT2D eigenvalue weighted by Gasteiger charge is -2.19. The number of rotatable bonds is 1. The van der Waals surface area contributed by atoms with E-state index in [-0.39, 0.29) is 0 Å². The van der Waals surface area contributed by atoms with Crippen LogP contribution in [-0.4, -0.2) is 14.4 Å². The van der Waals surface area contributed by atoms with Crippen LogP contribution >= 0.6 is 0 Å². The number of para-hydroxylation sites is 3. The van der Waals surface area contributed by atoms with E-state index in [0.717, 1.165) is 33.4 Å². The molecule has 0 amide bonds. The molecule has 0 radical (unpaired) electrons. The monoisotopic (exact) mass is 365 g/mol. The maximum absolute atomic E-state index is 5.15. The predicted molar refractivity (Wildman–Crippen MR) is 117 cm³/mol. The van der Waals surface area contributed by atoms with Gasteiger partial charge in [-0.05, 0) is 86.7 Å². The highest BCUT2D eigenvalue weighted by Crippen LogP contribution is 2.36. The van der Waals surface area contributed by atoms with Crippen LogP contribution in [0.1, 0.15) is 27.8 Å². The van der Waals surface area contributed by atoms with Gasteiger partial charge in [0.1, 0.15) is 11.5 Å². The van der Waals surface area contributed by atoms with E-state index in [2.05, 4.69) is 75.4 Å². The van der Waals surface area contributed by atoms with Crippen molar-refractivity contribution < 1.29 is 0 Å². The molecule has 3 heteroatoms. The molecule has 28 heavy (non-hydrogen) atoms. The van der Waals surface area contributed by atoms with E-state index in [1.54, 1.807) is 0 Å². The predicted octanol–water partition coefficient (Wildman–Crippen LogP) is 6.24. The van der Waals surface area contributed by atoms with Gasteiger partial charge in [0.15, 0.2) is 0 Å². The molecule has 0 aliphatic heterocycles. The maximum atomic E-state index is 5.15. The topological polar surface area (TPSA) is 30.2 Å². The molecular weight excluding hydrogens is 342 g/mol. The Bertz CT molecular complexity index is 1380. The average Bonchev–Trinajstić information content (AvgIpc) is 3.11. The first kappa shape index (κ1) is 16.9. The van der Waals surface area contributed by atoms with E-state index in [1.165, 1.54) is 33.4 Å². The van der Waals surface area contributed by atoms with Gasteiger partial charge < -0.3 is 0 Å². The summed E-state index contributed by atoms with van der Waals surface area (Å²) >= 11 is 0. The van der Waals surface area contributed by atoms with Gasteiger partial charge in [0, 0.05) is 10.9 Å². The number of hydrogen-bond acceptors (Lipinski definition) is 2. The Kier molecular flexibility index (Phi) is 3.57. The fraction of sp³-hybridized carbons (Fsp3) is 0.200. The summed E-state index contributed by atoms with van der Waals surface area (Å²) in [5, 5.41) is 1.08. The molecule has 0 fully saturated rings. The number of benzene rings is 3.